The zero-order valence-corrected chi connectivity index (χ0v) is 17.4. The van der Waals surface area contributed by atoms with Crippen LogP contribution >= 0.6 is 0 Å². The summed E-state index contributed by atoms with van der Waals surface area (Å²) in [6, 6.07) is 8.54. The number of esters is 1. The molecule has 6 heteroatoms. The first-order valence-corrected chi connectivity index (χ1v) is 10.2. The van der Waals surface area contributed by atoms with Gasteiger partial charge in [0.15, 0.2) is 0 Å². The number of piperidine rings is 1. The van der Waals surface area contributed by atoms with Gasteiger partial charge in [0, 0.05) is 6.04 Å². The van der Waals surface area contributed by atoms with E-state index in [9.17, 15) is 4.79 Å². The van der Waals surface area contributed by atoms with Crippen molar-refractivity contribution in [2.24, 2.45) is 0 Å². The lowest BCUT2D eigenvalue weighted by Gasteiger charge is -2.32. The van der Waals surface area contributed by atoms with E-state index in [2.05, 4.69) is 43.0 Å². The molecule has 2 aromatic rings. The van der Waals surface area contributed by atoms with Gasteiger partial charge in [0.1, 0.15) is 12.2 Å². The molecule has 0 N–H and O–H groups in total. The molecule has 0 aliphatic carbocycles. The van der Waals surface area contributed by atoms with E-state index in [4.69, 9.17) is 9.47 Å². The van der Waals surface area contributed by atoms with Gasteiger partial charge in [0.2, 0.25) is 5.88 Å². The fourth-order valence-electron chi connectivity index (χ4n) is 3.54. The van der Waals surface area contributed by atoms with Gasteiger partial charge in [-0.25, -0.2) is 9.48 Å². The number of ether oxygens (including phenoxy) is 2. The molecule has 1 fully saturated rings. The topological polar surface area (TPSA) is 56.6 Å². The minimum Gasteiger partial charge on any atom is -0.475 e. The first-order chi connectivity index (χ1) is 13.5. The summed E-state index contributed by atoms with van der Waals surface area (Å²) in [5.74, 6) is 0.508. The second-order valence-electron chi connectivity index (χ2n) is 7.68. The minimum absolute atomic E-state index is 0.317. The molecule has 3 rings (SSSR count). The third-order valence-corrected chi connectivity index (χ3v) is 5.36. The number of carbonyl (C=O) groups is 1. The molecule has 1 aliphatic heterocycles. The highest BCUT2D eigenvalue weighted by molar-refractivity contribution is 5.92. The van der Waals surface area contributed by atoms with Crippen LogP contribution in [0.25, 0.3) is 5.69 Å². The molecular weight excluding hydrogens is 354 g/mol. The molecule has 0 amide bonds. The Labute approximate surface area is 167 Å². The zero-order chi connectivity index (χ0) is 20.1. The van der Waals surface area contributed by atoms with Crippen LogP contribution in [0.15, 0.2) is 30.5 Å². The Morgan fingerprint density at radius 3 is 2.64 bits per heavy atom. The summed E-state index contributed by atoms with van der Waals surface area (Å²) >= 11 is 0. The molecule has 1 aliphatic rings. The minimum atomic E-state index is -0.403. The Hall–Kier alpha value is -2.34. The standard InChI is InChI=1S/C22H31N3O3/c1-5-27-22(26)20-14-23-25(18-11-9-17(10-12-18)16(2)3)21(20)28-15-19-8-6-7-13-24(19)4/h9-12,14,16,19H,5-8,13,15H2,1-4H3. The molecule has 28 heavy (non-hydrogen) atoms. The Balaban J connectivity index is 1.87. The second-order valence-corrected chi connectivity index (χ2v) is 7.68. The summed E-state index contributed by atoms with van der Waals surface area (Å²) < 4.78 is 13.1. The molecule has 1 saturated heterocycles. The van der Waals surface area contributed by atoms with Gasteiger partial charge in [0.05, 0.1) is 18.5 Å². The molecule has 0 spiro atoms. The van der Waals surface area contributed by atoms with Crippen LogP contribution in [-0.2, 0) is 4.74 Å². The Bertz CT molecular complexity index is 783. The van der Waals surface area contributed by atoms with Crippen molar-refractivity contribution >= 4 is 5.97 Å². The van der Waals surface area contributed by atoms with E-state index in [0.29, 0.717) is 36.6 Å². The van der Waals surface area contributed by atoms with Gasteiger partial charge in [0.25, 0.3) is 0 Å². The molecule has 0 bridgehead atoms. The van der Waals surface area contributed by atoms with Gasteiger partial charge in [-0.05, 0) is 57.0 Å². The quantitative estimate of drug-likeness (QED) is 0.674. The third kappa shape index (κ3) is 4.55. The lowest BCUT2D eigenvalue weighted by molar-refractivity contribution is 0.0517. The van der Waals surface area contributed by atoms with Crippen LogP contribution in [0.3, 0.4) is 0 Å². The molecule has 152 valence electrons. The normalized spacial score (nSPS) is 17.7. The molecule has 1 aromatic carbocycles. The first-order valence-electron chi connectivity index (χ1n) is 10.2. The molecule has 1 atom stereocenters. The number of likely N-dealkylation sites (N-methyl/N-ethyl adjacent to an activating group) is 1. The number of hydrogen-bond donors (Lipinski definition) is 0. The van der Waals surface area contributed by atoms with Crippen molar-refractivity contribution in [1.29, 1.82) is 0 Å². The molecule has 6 nitrogen and oxygen atoms in total. The fraction of sp³-hybridized carbons (Fsp3) is 0.545. The van der Waals surface area contributed by atoms with Crippen LogP contribution in [0.4, 0.5) is 0 Å². The van der Waals surface area contributed by atoms with Gasteiger partial charge in [-0.2, -0.15) is 5.10 Å². The molecule has 2 heterocycles. The monoisotopic (exact) mass is 385 g/mol. The summed E-state index contributed by atoms with van der Waals surface area (Å²) in [6.45, 7) is 8.05. The van der Waals surface area contributed by atoms with Crippen molar-refractivity contribution in [2.75, 3.05) is 26.8 Å². The van der Waals surface area contributed by atoms with Crippen LogP contribution in [0.1, 0.15) is 61.9 Å². The predicted molar refractivity (Wildman–Crippen MR) is 109 cm³/mol. The fourth-order valence-corrected chi connectivity index (χ4v) is 3.54. The number of nitrogens with zero attached hydrogens (tertiary/aromatic N) is 3. The second kappa shape index (κ2) is 9.24. The lowest BCUT2D eigenvalue weighted by Crippen LogP contribution is -2.40. The average molecular weight is 386 g/mol. The van der Waals surface area contributed by atoms with Gasteiger partial charge in [-0.15, -0.1) is 0 Å². The molecule has 0 radical (unpaired) electrons. The number of hydrogen-bond acceptors (Lipinski definition) is 5. The van der Waals surface area contributed by atoms with Gasteiger partial charge < -0.3 is 14.4 Å². The number of carbonyl (C=O) groups excluding carboxylic acids is 1. The van der Waals surface area contributed by atoms with Crippen LogP contribution in [0, 0.1) is 0 Å². The van der Waals surface area contributed by atoms with Crippen molar-refractivity contribution in [2.45, 2.75) is 52.0 Å². The van der Waals surface area contributed by atoms with Crippen molar-refractivity contribution in [3.05, 3.63) is 41.6 Å². The van der Waals surface area contributed by atoms with E-state index >= 15 is 0 Å². The smallest absolute Gasteiger partial charge is 0.345 e. The van der Waals surface area contributed by atoms with Gasteiger partial charge >= 0.3 is 5.97 Å². The first kappa shape index (κ1) is 20.4. The maximum Gasteiger partial charge on any atom is 0.345 e. The maximum atomic E-state index is 12.4. The molecule has 0 saturated carbocycles. The average Bonchev–Trinajstić information content (AvgIpc) is 3.11. The number of benzene rings is 1. The largest absolute Gasteiger partial charge is 0.475 e. The highest BCUT2D eigenvalue weighted by Crippen LogP contribution is 2.26. The van der Waals surface area contributed by atoms with Crippen LogP contribution in [-0.4, -0.2) is 53.5 Å². The van der Waals surface area contributed by atoms with Crippen LogP contribution < -0.4 is 4.74 Å². The lowest BCUT2D eigenvalue weighted by atomic mass is 10.0. The van der Waals surface area contributed by atoms with E-state index in [0.717, 1.165) is 18.7 Å². The van der Waals surface area contributed by atoms with E-state index in [1.807, 2.05) is 12.1 Å². The SMILES string of the molecule is CCOC(=O)c1cnn(-c2ccc(C(C)C)cc2)c1OCC1CCCCN1C. The van der Waals surface area contributed by atoms with Crippen LogP contribution in [0.2, 0.25) is 0 Å². The number of rotatable bonds is 7. The van der Waals surface area contributed by atoms with Crippen molar-refractivity contribution in [3.8, 4) is 11.6 Å². The summed E-state index contributed by atoms with van der Waals surface area (Å²) in [5, 5.41) is 4.42. The highest BCUT2D eigenvalue weighted by atomic mass is 16.5. The maximum absolute atomic E-state index is 12.4. The van der Waals surface area contributed by atoms with Crippen LogP contribution in [0.5, 0.6) is 5.88 Å². The van der Waals surface area contributed by atoms with Gasteiger partial charge in [-0.3, -0.25) is 0 Å². The van der Waals surface area contributed by atoms with E-state index in [-0.39, 0.29) is 0 Å². The molecule has 1 unspecified atom stereocenters. The highest BCUT2D eigenvalue weighted by Gasteiger charge is 2.25. The Morgan fingerprint density at radius 1 is 1.25 bits per heavy atom. The summed E-state index contributed by atoms with van der Waals surface area (Å²) in [7, 11) is 2.13. The zero-order valence-electron chi connectivity index (χ0n) is 17.4. The summed E-state index contributed by atoms with van der Waals surface area (Å²) in [4.78, 5) is 14.7. The third-order valence-electron chi connectivity index (χ3n) is 5.36. The Morgan fingerprint density at radius 2 is 2.00 bits per heavy atom. The summed E-state index contributed by atoms with van der Waals surface area (Å²) in [6.07, 6.45) is 5.07. The molecular formula is C22H31N3O3. The van der Waals surface area contributed by atoms with E-state index in [1.165, 1.54) is 24.6 Å². The molecule has 1 aromatic heterocycles. The van der Waals surface area contributed by atoms with E-state index < -0.39 is 5.97 Å². The van der Waals surface area contributed by atoms with Gasteiger partial charge in [-0.1, -0.05) is 32.4 Å². The number of likely N-dealkylation sites (tertiary alicyclic amines) is 1. The predicted octanol–water partition coefficient (Wildman–Crippen LogP) is 4.04. The van der Waals surface area contributed by atoms with Crippen molar-refractivity contribution in [3.63, 3.8) is 0 Å². The van der Waals surface area contributed by atoms with Crippen molar-refractivity contribution < 1.29 is 14.3 Å². The number of aromatic nitrogens is 2. The van der Waals surface area contributed by atoms with E-state index in [1.54, 1.807) is 11.6 Å². The summed E-state index contributed by atoms with van der Waals surface area (Å²) in [5.41, 5.74) is 2.49. The Kier molecular flexibility index (Phi) is 6.73. The van der Waals surface area contributed by atoms with Crippen molar-refractivity contribution in [1.82, 2.24) is 14.7 Å².